The largest absolute Gasteiger partial charge is 0.489 e. The van der Waals surface area contributed by atoms with Gasteiger partial charge in [-0.25, -0.2) is 9.97 Å². The summed E-state index contributed by atoms with van der Waals surface area (Å²) in [6.45, 7) is 2.02. The number of benzene rings is 1. The summed E-state index contributed by atoms with van der Waals surface area (Å²) in [4.78, 5) is 20.6. The second-order valence-corrected chi connectivity index (χ2v) is 5.47. The van der Waals surface area contributed by atoms with E-state index in [0.717, 1.165) is 18.2 Å². The minimum absolute atomic E-state index is 0.00658. The minimum Gasteiger partial charge on any atom is -0.489 e. The number of nitrogens with zero attached hydrogens (tertiary/aromatic N) is 2. The second-order valence-electron chi connectivity index (χ2n) is 5.47. The molecule has 0 radical (unpaired) electrons. The van der Waals surface area contributed by atoms with Crippen LogP contribution >= 0.6 is 0 Å². The number of methoxy groups -OCH3 is 1. The van der Waals surface area contributed by atoms with Gasteiger partial charge in [-0.3, -0.25) is 4.79 Å². The molecule has 27 heavy (non-hydrogen) atoms. The number of carbonyl (C=O) groups is 1. The van der Waals surface area contributed by atoms with E-state index < -0.39 is 17.6 Å². The Bertz CT molecular complexity index is 812. The van der Waals surface area contributed by atoms with Gasteiger partial charge >= 0.3 is 6.18 Å². The number of ether oxygens (including phenoxy) is 2. The summed E-state index contributed by atoms with van der Waals surface area (Å²) >= 11 is 0. The molecule has 0 aliphatic carbocycles. The van der Waals surface area contributed by atoms with Gasteiger partial charge in [-0.15, -0.1) is 0 Å². The molecule has 0 saturated heterocycles. The molecule has 2 N–H and O–H groups in total. The molecule has 7 nitrogen and oxygen atoms in total. The van der Waals surface area contributed by atoms with Gasteiger partial charge in [-0.2, -0.15) is 13.2 Å². The Hall–Kier alpha value is -2.88. The molecular weight excluding hydrogens is 365 g/mol. The van der Waals surface area contributed by atoms with Crippen molar-refractivity contribution in [2.75, 3.05) is 38.0 Å². The fourth-order valence-corrected chi connectivity index (χ4v) is 2.15. The number of rotatable bonds is 7. The van der Waals surface area contributed by atoms with Crippen LogP contribution in [0.2, 0.25) is 0 Å². The topological polar surface area (TPSA) is 85.4 Å². The third-order valence-electron chi connectivity index (χ3n) is 3.41. The van der Waals surface area contributed by atoms with Gasteiger partial charge in [0.15, 0.2) is 0 Å². The Morgan fingerprint density at radius 1 is 1.19 bits per heavy atom. The van der Waals surface area contributed by atoms with E-state index >= 15 is 0 Å². The number of hydrogen-bond acceptors (Lipinski definition) is 6. The maximum atomic E-state index is 13.0. The molecule has 0 unspecified atom stereocenters. The SMILES string of the molecule is CNc1nc(C)cc(C(=O)Nc2cc(C(F)(F)F)ccc2OCCOC)n1. The predicted octanol–water partition coefficient (Wildman–Crippen LogP) is 3.12. The molecule has 10 heteroatoms. The number of amides is 1. The lowest BCUT2D eigenvalue weighted by atomic mass is 10.1. The maximum absolute atomic E-state index is 13.0. The second kappa shape index (κ2) is 8.67. The number of halogens is 3. The molecule has 146 valence electrons. The predicted molar refractivity (Wildman–Crippen MR) is 93.1 cm³/mol. The lowest BCUT2D eigenvalue weighted by Gasteiger charge is -2.15. The first-order chi connectivity index (χ1) is 12.7. The van der Waals surface area contributed by atoms with Crippen LogP contribution in [0.25, 0.3) is 0 Å². The van der Waals surface area contributed by atoms with Gasteiger partial charge in [0.05, 0.1) is 17.9 Å². The van der Waals surface area contributed by atoms with E-state index in [2.05, 4.69) is 20.6 Å². The van der Waals surface area contributed by atoms with Gasteiger partial charge in [-0.1, -0.05) is 0 Å². The van der Waals surface area contributed by atoms with E-state index in [1.54, 1.807) is 14.0 Å². The number of carbonyl (C=O) groups excluding carboxylic acids is 1. The Balaban J connectivity index is 2.33. The van der Waals surface area contributed by atoms with Crippen molar-refractivity contribution in [3.05, 3.63) is 41.2 Å². The summed E-state index contributed by atoms with van der Waals surface area (Å²) in [5, 5.41) is 5.13. The lowest BCUT2D eigenvalue weighted by Crippen LogP contribution is -2.17. The van der Waals surface area contributed by atoms with Crippen LogP contribution in [0.3, 0.4) is 0 Å². The zero-order valence-corrected chi connectivity index (χ0v) is 15.0. The first-order valence-corrected chi connectivity index (χ1v) is 7.92. The van der Waals surface area contributed by atoms with Crippen molar-refractivity contribution >= 4 is 17.5 Å². The Morgan fingerprint density at radius 2 is 1.93 bits per heavy atom. The normalized spacial score (nSPS) is 11.2. The highest BCUT2D eigenvalue weighted by Gasteiger charge is 2.31. The zero-order chi connectivity index (χ0) is 20.0. The van der Waals surface area contributed by atoms with Crippen molar-refractivity contribution < 1.29 is 27.4 Å². The third kappa shape index (κ3) is 5.55. The Morgan fingerprint density at radius 3 is 2.56 bits per heavy atom. The molecule has 0 aliphatic rings. The van der Waals surface area contributed by atoms with Crippen molar-refractivity contribution in [3.8, 4) is 5.75 Å². The van der Waals surface area contributed by atoms with Crippen LogP contribution in [-0.4, -0.2) is 43.2 Å². The molecule has 0 fully saturated rings. The van der Waals surface area contributed by atoms with Crippen molar-refractivity contribution in [2.24, 2.45) is 0 Å². The number of aryl methyl sites for hydroxylation is 1. The standard InChI is InChI=1S/C17H19F3N4O3/c1-10-8-13(24-16(21-2)22-10)15(25)23-12-9-11(17(18,19)20)4-5-14(12)27-7-6-26-3/h4-5,8-9H,6-7H2,1-3H3,(H,23,25)(H,21,22,24). The molecule has 0 spiro atoms. The quantitative estimate of drug-likeness (QED) is 0.714. The van der Waals surface area contributed by atoms with E-state index in [4.69, 9.17) is 9.47 Å². The van der Waals surface area contributed by atoms with Gasteiger partial charge in [0.1, 0.15) is 18.1 Å². The first-order valence-electron chi connectivity index (χ1n) is 7.92. The van der Waals surface area contributed by atoms with Crippen molar-refractivity contribution in [2.45, 2.75) is 13.1 Å². The number of hydrogen-bond donors (Lipinski definition) is 2. The average molecular weight is 384 g/mol. The van der Waals surface area contributed by atoms with Crippen LogP contribution in [0.15, 0.2) is 24.3 Å². The number of anilines is 2. The summed E-state index contributed by atoms with van der Waals surface area (Å²) in [6, 6.07) is 4.27. The Kier molecular flexibility index (Phi) is 6.56. The van der Waals surface area contributed by atoms with Crippen LogP contribution in [0.5, 0.6) is 5.75 Å². The molecular formula is C17H19F3N4O3. The summed E-state index contributed by atoms with van der Waals surface area (Å²) in [6.07, 6.45) is -4.56. The smallest absolute Gasteiger partial charge is 0.416 e. The van der Waals surface area contributed by atoms with E-state index in [1.807, 2.05) is 0 Å². The number of aromatic nitrogens is 2. The molecule has 0 aliphatic heterocycles. The lowest BCUT2D eigenvalue weighted by molar-refractivity contribution is -0.137. The van der Waals surface area contributed by atoms with Crippen LogP contribution < -0.4 is 15.4 Å². The Labute approximate surface area is 153 Å². The molecule has 2 rings (SSSR count). The molecule has 0 bridgehead atoms. The van der Waals surface area contributed by atoms with Gasteiger partial charge < -0.3 is 20.1 Å². The van der Waals surface area contributed by atoms with Gasteiger partial charge in [0, 0.05) is 19.9 Å². The highest BCUT2D eigenvalue weighted by atomic mass is 19.4. The fraction of sp³-hybridized carbons (Fsp3) is 0.353. The summed E-state index contributed by atoms with van der Waals surface area (Å²) in [7, 11) is 3.06. The van der Waals surface area contributed by atoms with Gasteiger partial charge in [0.25, 0.3) is 5.91 Å². The summed E-state index contributed by atoms with van der Waals surface area (Å²) < 4.78 is 49.3. The van der Waals surface area contributed by atoms with Crippen LogP contribution in [0, 0.1) is 6.92 Å². The molecule has 0 saturated carbocycles. The molecule has 0 atom stereocenters. The van der Waals surface area contributed by atoms with E-state index in [0.29, 0.717) is 5.69 Å². The van der Waals surface area contributed by atoms with Gasteiger partial charge in [-0.05, 0) is 31.2 Å². The third-order valence-corrected chi connectivity index (χ3v) is 3.41. The molecule has 1 heterocycles. The van der Waals surface area contributed by atoms with Crippen LogP contribution in [0.1, 0.15) is 21.7 Å². The summed E-state index contributed by atoms with van der Waals surface area (Å²) in [5.74, 6) is -0.373. The average Bonchev–Trinajstić information content (AvgIpc) is 2.61. The molecule has 2 aromatic rings. The van der Waals surface area contributed by atoms with Crippen LogP contribution in [-0.2, 0) is 10.9 Å². The van der Waals surface area contributed by atoms with Crippen molar-refractivity contribution in [1.82, 2.24) is 9.97 Å². The molecule has 1 aromatic heterocycles. The zero-order valence-electron chi connectivity index (χ0n) is 15.0. The van der Waals surface area contributed by atoms with Crippen LogP contribution in [0.4, 0.5) is 24.8 Å². The fourth-order valence-electron chi connectivity index (χ4n) is 2.15. The summed E-state index contributed by atoms with van der Waals surface area (Å²) in [5.41, 5.74) is -0.493. The van der Waals surface area contributed by atoms with Gasteiger partial charge in [0.2, 0.25) is 5.95 Å². The van der Waals surface area contributed by atoms with Crippen molar-refractivity contribution in [3.63, 3.8) is 0 Å². The highest BCUT2D eigenvalue weighted by Crippen LogP contribution is 2.35. The molecule has 1 amide bonds. The van der Waals surface area contributed by atoms with E-state index in [9.17, 15) is 18.0 Å². The monoisotopic (exact) mass is 384 g/mol. The number of nitrogens with one attached hydrogen (secondary N) is 2. The highest BCUT2D eigenvalue weighted by molar-refractivity contribution is 6.04. The minimum atomic E-state index is -4.56. The van der Waals surface area contributed by atoms with E-state index in [1.165, 1.54) is 13.2 Å². The molecule has 1 aromatic carbocycles. The number of alkyl halides is 3. The maximum Gasteiger partial charge on any atom is 0.416 e. The first kappa shape index (κ1) is 20.4. The van der Waals surface area contributed by atoms with E-state index in [-0.39, 0.29) is 36.3 Å². The van der Waals surface area contributed by atoms with Crippen molar-refractivity contribution in [1.29, 1.82) is 0 Å².